The Morgan fingerprint density at radius 3 is 2.43 bits per heavy atom. The van der Waals surface area contributed by atoms with Crippen LogP contribution >= 0.6 is 11.6 Å². The van der Waals surface area contributed by atoms with Crippen LogP contribution in [0.1, 0.15) is 17.7 Å². The van der Waals surface area contributed by atoms with Crippen LogP contribution in [0.25, 0.3) is 0 Å². The number of aryl methyl sites for hydroxylation is 2. The van der Waals surface area contributed by atoms with Crippen molar-refractivity contribution in [2.24, 2.45) is 7.05 Å². The maximum absolute atomic E-state index is 11.2. The average Bonchev–Trinajstić information content (AvgIpc) is 2.72. The van der Waals surface area contributed by atoms with Crippen LogP contribution in [0.15, 0.2) is 0 Å². The Kier molecular flexibility index (Phi) is 5.61. The van der Waals surface area contributed by atoms with Gasteiger partial charge in [0.15, 0.2) is 0 Å². The number of nitrogens with zero attached hydrogens (tertiary/aromatic N) is 4. The van der Waals surface area contributed by atoms with Crippen molar-refractivity contribution < 1.29 is 9.53 Å². The van der Waals surface area contributed by atoms with E-state index < -0.39 is 0 Å². The summed E-state index contributed by atoms with van der Waals surface area (Å²) >= 11 is 6.27. The Hall–Kier alpha value is -1.11. The van der Waals surface area contributed by atoms with Crippen molar-refractivity contribution in [3.05, 3.63) is 16.4 Å². The minimum atomic E-state index is -0.143. The molecule has 0 spiro atoms. The van der Waals surface area contributed by atoms with Gasteiger partial charge in [0.1, 0.15) is 5.15 Å². The molecule has 0 amide bonds. The van der Waals surface area contributed by atoms with E-state index >= 15 is 0 Å². The van der Waals surface area contributed by atoms with Gasteiger partial charge < -0.3 is 9.64 Å². The molecule has 1 aromatic heterocycles. The van der Waals surface area contributed by atoms with Crippen LogP contribution in [0.4, 0.5) is 0 Å². The molecular weight excluding hydrogens is 292 g/mol. The smallest absolute Gasteiger partial charge is 0.306 e. The molecule has 118 valence electrons. The first-order valence-electron chi connectivity index (χ1n) is 7.20. The number of halogens is 1. The number of methoxy groups -OCH3 is 1. The normalized spacial score (nSPS) is 17.1. The SMILES string of the molecule is COC(=O)CCN1CCN(Cc2c(C)nn(C)c2Cl)CC1. The van der Waals surface area contributed by atoms with Crippen LogP contribution in [0.5, 0.6) is 0 Å². The highest BCUT2D eigenvalue weighted by Crippen LogP contribution is 2.21. The molecule has 1 aliphatic rings. The van der Waals surface area contributed by atoms with Crippen LogP contribution in [0.2, 0.25) is 5.15 Å². The Bertz CT molecular complexity index is 495. The van der Waals surface area contributed by atoms with Crippen LogP contribution in [-0.2, 0) is 23.1 Å². The molecule has 2 heterocycles. The van der Waals surface area contributed by atoms with Crippen LogP contribution in [0.3, 0.4) is 0 Å². The van der Waals surface area contributed by atoms with Crippen molar-refractivity contribution in [2.45, 2.75) is 19.9 Å². The summed E-state index contributed by atoms with van der Waals surface area (Å²) in [6, 6.07) is 0. The van der Waals surface area contributed by atoms with E-state index in [1.165, 1.54) is 7.11 Å². The van der Waals surface area contributed by atoms with Crippen molar-refractivity contribution in [2.75, 3.05) is 39.8 Å². The van der Waals surface area contributed by atoms with E-state index in [1.807, 2.05) is 14.0 Å². The van der Waals surface area contributed by atoms with Crippen molar-refractivity contribution >= 4 is 17.6 Å². The molecule has 1 aliphatic heterocycles. The molecule has 0 unspecified atom stereocenters. The zero-order valence-electron chi connectivity index (χ0n) is 12.9. The summed E-state index contributed by atoms with van der Waals surface area (Å²) < 4.78 is 6.39. The monoisotopic (exact) mass is 314 g/mol. The second-order valence-electron chi connectivity index (χ2n) is 5.42. The number of ether oxygens (including phenoxy) is 1. The molecule has 1 fully saturated rings. The first-order chi connectivity index (χ1) is 10.0. The number of piperazine rings is 1. The van der Waals surface area contributed by atoms with Crippen molar-refractivity contribution in [3.63, 3.8) is 0 Å². The summed E-state index contributed by atoms with van der Waals surface area (Å²) in [6.45, 7) is 7.49. The largest absolute Gasteiger partial charge is 0.469 e. The Balaban J connectivity index is 1.80. The summed E-state index contributed by atoms with van der Waals surface area (Å²) in [6.07, 6.45) is 0.462. The quantitative estimate of drug-likeness (QED) is 0.761. The van der Waals surface area contributed by atoms with Gasteiger partial charge in [0.2, 0.25) is 0 Å². The van der Waals surface area contributed by atoms with E-state index in [2.05, 4.69) is 19.6 Å². The van der Waals surface area contributed by atoms with Crippen LogP contribution < -0.4 is 0 Å². The summed E-state index contributed by atoms with van der Waals surface area (Å²) in [7, 11) is 3.30. The molecule has 0 saturated carbocycles. The molecule has 7 heteroatoms. The fourth-order valence-electron chi connectivity index (χ4n) is 2.60. The van der Waals surface area contributed by atoms with Gasteiger partial charge >= 0.3 is 5.97 Å². The number of carbonyl (C=O) groups is 1. The van der Waals surface area contributed by atoms with E-state index in [-0.39, 0.29) is 5.97 Å². The third-order valence-electron chi connectivity index (χ3n) is 3.98. The first-order valence-corrected chi connectivity index (χ1v) is 7.58. The van der Waals surface area contributed by atoms with E-state index in [1.54, 1.807) is 4.68 Å². The van der Waals surface area contributed by atoms with Crippen molar-refractivity contribution in [3.8, 4) is 0 Å². The summed E-state index contributed by atoms with van der Waals surface area (Å²) in [5.41, 5.74) is 2.11. The molecule has 21 heavy (non-hydrogen) atoms. The standard InChI is InChI=1S/C14H23ClN4O2/c1-11-12(14(15)17(2)16-11)10-19-8-6-18(7-9-19)5-4-13(20)21-3/h4-10H2,1-3H3. The first kappa shape index (κ1) is 16.3. The molecule has 1 aromatic rings. The van der Waals surface area contributed by atoms with E-state index in [0.29, 0.717) is 6.42 Å². The van der Waals surface area contributed by atoms with Crippen molar-refractivity contribution in [1.82, 2.24) is 19.6 Å². The summed E-state index contributed by atoms with van der Waals surface area (Å²) in [5, 5.41) is 5.07. The molecule has 0 bridgehead atoms. The fourth-order valence-corrected chi connectivity index (χ4v) is 2.83. The minimum absolute atomic E-state index is 0.143. The van der Waals surface area contributed by atoms with Gasteiger partial charge in [-0.2, -0.15) is 5.10 Å². The van der Waals surface area contributed by atoms with Gasteiger partial charge in [0.05, 0.1) is 19.2 Å². The number of carbonyl (C=O) groups excluding carboxylic acids is 1. The van der Waals surface area contributed by atoms with Crippen LogP contribution in [0, 0.1) is 6.92 Å². The predicted molar refractivity (Wildman–Crippen MR) is 81.3 cm³/mol. The number of hydrogen-bond acceptors (Lipinski definition) is 5. The molecule has 1 saturated heterocycles. The van der Waals surface area contributed by atoms with Gasteiger partial charge in [-0.15, -0.1) is 0 Å². The van der Waals surface area contributed by atoms with Crippen LogP contribution in [-0.4, -0.2) is 65.4 Å². The van der Waals surface area contributed by atoms with Gasteiger partial charge in [-0.25, -0.2) is 0 Å². The lowest BCUT2D eigenvalue weighted by atomic mass is 10.2. The third-order valence-corrected chi connectivity index (χ3v) is 4.45. The molecule has 0 N–H and O–H groups in total. The Labute approximate surface area is 130 Å². The van der Waals surface area contributed by atoms with Gasteiger partial charge in [-0.05, 0) is 6.92 Å². The lowest BCUT2D eigenvalue weighted by Crippen LogP contribution is -2.46. The van der Waals surface area contributed by atoms with Gasteiger partial charge in [0, 0.05) is 51.9 Å². The van der Waals surface area contributed by atoms with E-state index in [4.69, 9.17) is 11.6 Å². The molecule has 6 nitrogen and oxygen atoms in total. The predicted octanol–water partition coefficient (Wildman–Crippen LogP) is 1.06. The lowest BCUT2D eigenvalue weighted by molar-refractivity contribution is -0.141. The minimum Gasteiger partial charge on any atom is -0.469 e. The highest BCUT2D eigenvalue weighted by molar-refractivity contribution is 6.30. The molecule has 0 aliphatic carbocycles. The summed E-state index contributed by atoms with van der Waals surface area (Å²) in [5.74, 6) is -0.143. The molecule has 0 radical (unpaired) electrons. The summed E-state index contributed by atoms with van der Waals surface area (Å²) in [4.78, 5) is 15.8. The van der Waals surface area contributed by atoms with Gasteiger partial charge in [0.25, 0.3) is 0 Å². The highest BCUT2D eigenvalue weighted by atomic mass is 35.5. The van der Waals surface area contributed by atoms with E-state index in [0.717, 1.165) is 55.7 Å². The second-order valence-corrected chi connectivity index (χ2v) is 5.78. The topological polar surface area (TPSA) is 50.6 Å². The second kappa shape index (κ2) is 7.24. The Morgan fingerprint density at radius 1 is 1.29 bits per heavy atom. The van der Waals surface area contributed by atoms with E-state index in [9.17, 15) is 4.79 Å². The number of hydrogen-bond donors (Lipinski definition) is 0. The number of aromatic nitrogens is 2. The fraction of sp³-hybridized carbons (Fsp3) is 0.714. The van der Waals surface area contributed by atoms with Crippen molar-refractivity contribution in [1.29, 1.82) is 0 Å². The zero-order valence-corrected chi connectivity index (χ0v) is 13.7. The average molecular weight is 315 g/mol. The Morgan fingerprint density at radius 2 is 1.90 bits per heavy atom. The molecule has 2 rings (SSSR count). The maximum Gasteiger partial charge on any atom is 0.306 e. The third kappa shape index (κ3) is 4.18. The maximum atomic E-state index is 11.2. The van der Waals surface area contributed by atoms with Gasteiger partial charge in [-0.3, -0.25) is 14.4 Å². The molecule has 0 atom stereocenters. The lowest BCUT2D eigenvalue weighted by Gasteiger charge is -2.34. The highest BCUT2D eigenvalue weighted by Gasteiger charge is 2.20. The molecular formula is C14H23ClN4O2. The zero-order chi connectivity index (χ0) is 15.4. The number of esters is 1. The number of rotatable bonds is 5. The molecule has 0 aromatic carbocycles. The van der Waals surface area contributed by atoms with Gasteiger partial charge in [-0.1, -0.05) is 11.6 Å².